The quantitative estimate of drug-likeness (QED) is 0.769. The van der Waals surface area contributed by atoms with Crippen molar-refractivity contribution >= 4 is 48.9 Å². The van der Waals surface area contributed by atoms with E-state index in [9.17, 15) is 13.2 Å². The number of amides is 1. The molecule has 0 bridgehead atoms. The summed E-state index contributed by atoms with van der Waals surface area (Å²) < 4.78 is 28.3. The van der Waals surface area contributed by atoms with Gasteiger partial charge in [-0.3, -0.25) is 4.79 Å². The maximum absolute atomic E-state index is 12.3. The van der Waals surface area contributed by atoms with Crippen LogP contribution in [-0.4, -0.2) is 20.9 Å². The highest BCUT2D eigenvalue weighted by atomic mass is 79.9. The van der Waals surface area contributed by atoms with E-state index in [2.05, 4.69) is 20.7 Å². The van der Waals surface area contributed by atoms with Gasteiger partial charge in [0, 0.05) is 24.7 Å². The second kappa shape index (κ2) is 7.19. The summed E-state index contributed by atoms with van der Waals surface area (Å²) in [6, 6.07) is 9.06. The van der Waals surface area contributed by atoms with Crippen LogP contribution in [0, 0.1) is 5.92 Å². The molecule has 0 atom stereocenters. The molecule has 0 fully saturated rings. The Kier molecular flexibility index (Phi) is 5.34. The summed E-state index contributed by atoms with van der Waals surface area (Å²) in [7, 11) is -3.51. The van der Waals surface area contributed by atoms with Gasteiger partial charge in [-0.2, -0.15) is 0 Å². The maximum atomic E-state index is 12.3. The molecule has 2 aromatic rings. The highest BCUT2D eigenvalue weighted by Gasteiger charge is 2.26. The van der Waals surface area contributed by atoms with Gasteiger partial charge in [0.2, 0.25) is 15.9 Å². The molecule has 1 aromatic heterocycles. The Balaban J connectivity index is 1.73. The first-order chi connectivity index (χ1) is 11.8. The van der Waals surface area contributed by atoms with E-state index in [1.807, 2.05) is 36.9 Å². The molecular weight excluding hydrogens is 424 g/mol. The first kappa shape index (κ1) is 18.6. The summed E-state index contributed by atoms with van der Waals surface area (Å²) in [4.78, 5) is 14.1. The monoisotopic (exact) mass is 442 g/mol. The minimum Gasteiger partial charge on any atom is -0.312 e. The molecule has 0 aliphatic carbocycles. The Bertz CT molecular complexity index is 906. The molecule has 0 saturated heterocycles. The van der Waals surface area contributed by atoms with E-state index >= 15 is 0 Å². The van der Waals surface area contributed by atoms with Crippen LogP contribution in [0.4, 0.5) is 5.69 Å². The third-order valence-corrected chi connectivity index (χ3v) is 7.60. The Morgan fingerprint density at radius 1 is 1.32 bits per heavy atom. The van der Waals surface area contributed by atoms with Crippen molar-refractivity contribution in [3.05, 3.63) is 45.2 Å². The summed E-state index contributed by atoms with van der Waals surface area (Å²) in [6.45, 7) is 4.70. The molecule has 0 unspecified atom stereocenters. The second-order valence-corrected chi connectivity index (χ2v) is 10.7. The summed E-state index contributed by atoms with van der Waals surface area (Å²) in [6.07, 6.45) is 0.798. The summed E-state index contributed by atoms with van der Waals surface area (Å²) >= 11 is 4.45. The van der Waals surface area contributed by atoms with Gasteiger partial charge in [0.25, 0.3) is 0 Å². The molecule has 0 saturated carbocycles. The third-order valence-electron chi connectivity index (χ3n) is 4.08. The highest BCUT2D eigenvalue weighted by Crippen LogP contribution is 2.30. The van der Waals surface area contributed by atoms with Gasteiger partial charge < -0.3 is 4.90 Å². The van der Waals surface area contributed by atoms with Crippen LogP contribution in [0.5, 0.6) is 0 Å². The zero-order chi connectivity index (χ0) is 18.2. The molecular formula is C17H19BrN2O3S2. The predicted molar refractivity (Wildman–Crippen MR) is 103 cm³/mol. The number of carbonyl (C=O) groups excluding carboxylic acids is 1. The molecule has 134 valence electrons. The van der Waals surface area contributed by atoms with Gasteiger partial charge in [-0.05, 0) is 51.7 Å². The van der Waals surface area contributed by atoms with Gasteiger partial charge in [0.05, 0.1) is 3.79 Å². The molecule has 1 aromatic carbocycles. The molecule has 8 heteroatoms. The van der Waals surface area contributed by atoms with Crippen molar-refractivity contribution in [1.82, 2.24) is 4.72 Å². The number of rotatable bonds is 5. The van der Waals surface area contributed by atoms with Crippen molar-refractivity contribution in [2.45, 2.75) is 31.0 Å². The Hall–Kier alpha value is -1.22. The van der Waals surface area contributed by atoms with Gasteiger partial charge in [-0.25, -0.2) is 13.1 Å². The van der Waals surface area contributed by atoms with Gasteiger partial charge in [0.15, 0.2) is 0 Å². The van der Waals surface area contributed by atoms with E-state index in [4.69, 9.17) is 0 Å². The summed E-state index contributed by atoms with van der Waals surface area (Å²) in [5.74, 6) is 0.0815. The Labute approximate surface area is 160 Å². The maximum Gasteiger partial charge on any atom is 0.250 e. The normalized spacial score (nSPS) is 14.2. The van der Waals surface area contributed by atoms with Crippen molar-refractivity contribution in [2.75, 3.05) is 11.4 Å². The van der Waals surface area contributed by atoms with Crippen LogP contribution < -0.4 is 9.62 Å². The van der Waals surface area contributed by atoms with Crippen molar-refractivity contribution in [3.63, 3.8) is 0 Å². The van der Waals surface area contributed by atoms with E-state index in [1.165, 1.54) is 11.3 Å². The Morgan fingerprint density at radius 2 is 2.08 bits per heavy atom. The van der Waals surface area contributed by atoms with Crippen LogP contribution in [0.15, 0.2) is 38.3 Å². The average molecular weight is 443 g/mol. The molecule has 1 aliphatic rings. The fourth-order valence-electron chi connectivity index (χ4n) is 2.80. The average Bonchev–Trinajstić information content (AvgIpc) is 3.18. The fourth-order valence-corrected chi connectivity index (χ4v) is 5.87. The number of hydrogen-bond acceptors (Lipinski definition) is 4. The number of sulfonamides is 1. The van der Waals surface area contributed by atoms with Crippen LogP contribution in [0.3, 0.4) is 0 Å². The number of halogens is 1. The molecule has 3 rings (SSSR count). The third kappa shape index (κ3) is 3.97. The number of nitrogens with one attached hydrogen (secondary N) is 1. The van der Waals surface area contributed by atoms with Crippen LogP contribution in [0.2, 0.25) is 0 Å². The largest absolute Gasteiger partial charge is 0.312 e. The number of hydrogen-bond donors (Lipinski definition) is 1. The standard InChI is InChI=1S/C17H19BrN2O3S2/c1-11(2)17(21)20-8-7-13-9-12(3-4-14(13)20)10-19-25(22,23)16-6-5-15(18)24-16/h3-6,9,11,19H,7-8,10H2,1-2H3. The topological polar surface area (TPSA) is 66.5 Å². The lowest BCUT2D eigenvalue weighted by Crippen LogP contribution is -2.32. The van der Waals surface area contributed by atoms with Crippen LogP contribution in [0.25, 0.3) is 0 Å². The minimum atomic E-state index is -3.51. The molecule has 5 nitrogen and oxygen atoms in total. The van der Waals surface area contributed by atoms with E-state index in [0.29, 0.717) is 6.54 Å². The molecule has 1 N–H and O–H groups in total. The number of thiophene rings is 1. The SMILES string of the molecule is CC(C)C(=O)N1CCc2cc(CNS(=O)(=O)c3ccc(Br)s3)ccc21. The second-order valence-electron chi connectivity index (χ2n) is 6.24. The van der Waals surface area contributed by atoms with Crippen molar-refractivity contribution < 1.29 is 13.2 Å². The summed E-state index contributed by atoms with van der Waals surface area (Å²) in [5.41, 5.74) is 2.91. The molecule has 0 spiro atoms. The lowest BCUT2D eigenvalue weighted by molar-refractivity contribution is -0.121. The first-order valence-electron chi connectivity index (χ1n) is 7.96. The number of fused-ring (bicyclic) bond motifs is 1. The lowest BCUT2D eigenvalue weighted by Gasteiger charge is -2.19. The molecule has 1 aliphatic heterocycles. The van der Waals surface area contributed by atoms with E-state index in [-0.39, 0.29) is 22.6 Å². The number of benzene rings is 1. The van der Waals surface area contributed by atoms with Gasteiger partial charge >= 0.3 is 0 Å². The first-order valence-corrected chi connectivity index (χ1v) is 11.1. The predicted octanol–water partition coefficient (Wildman–Crippen LogP) is 3.53. The van der Waals surface area contributed by atoms with Crippen molar-refractivity contribution in [3.8, 4) is 0 Å². The van der Waals surface area contributed by atoms with Gasteiger partial charge in [0.1, 0.15) is 4.21 Å². The zero-order valence-corrected chi connectivity index (χ0v) is 17.2. The number of anilines is 1. The molecule has 2 heterocycles. The minimum absolute atomic E-state index is 0.0393. The fraction of sp³-hybridized carbons (Fsp3) is 0.353. The van der Waals surface area contributed by atoms with E-state index in [1.54, 1.807) is 12.1 Å². The molecule has 25 heavy (non-hydrogen) atoms. The smallest absolute Gasteiger partial charge is 0.250 e. The molecule has 1 amide bonds. The van der Waals surface area contributed by atoms with Crippen molar-refractivity contribution in [2.24, 2.45) is 5.92 Å². The summed E-state index contributed by atoms with van der Waals surface area (Å²) in [5, 5.41) is 0. The lowest BCUT2D eigenvalue weighted by atomic mass is 10.1. The van der Waals surface area contributed by atoms with Crippen molar-refractivity contribution in [1.29, 1.82) is 0 Å². The van der Waals surface area contributed by atoms with E-state index in [0.717, 1.165) is 27.0 Å². The van der Waals surface area contributed by atoms with Gasteiger partial charge in [-0.15, -0.1) is 11.3 Å². The van der Waals surface area contributed by atoms with Crippen LogP contribution >= 0.6 is 27.3 Å². The zero-order valence-electron chi connectivity index (χ0n) is 14.0. The van der Waals surface area contributed by atoms with Crippen LogP contribution in [-0.2, 0) is 27.8 Å². The van der Waals surface area contributed by atoms with E-state index < -0.39 is 10.0 Å². The highest BCUT2D eigenvalue weighted by molar-refractivity contribution is 9.11. The number of nitrogens with zero attached hydrogens (tertiary/aromatic N) is 1. The van der Waals surface area contributed by atoms with Gasteiger partial charge in [-0.1, -0.05) is 26.0 Å². The number of carbonyl (C=O) groups is 1. The molecule has 0 radical (unpaired) electrons. The Morgan fingerprint density at radius 3 is 2.72 bits per heavy atom. The van der Waals surface area contributed by atoms with Crippen LogP contribution in [0.1, 0.15) is 25.0 Å².